The van der Waals surface area contributed by atoms with Gasteiger partial charge in [-0.2, -0.15) is 0 Å². The van der Waals surface area contributed by atoms with Crippen LogP contribution in [0.5, 0.6) is 11.5 Å². The van der Waals surface area contributed by atoms with Crippen LogP contribution < -0.4 is 9.47 Å². The number of ether oxygens (including phenoxy) is 2. The number of fused-ring (bicyclic) bond motifs is 2. The van der Waals surface area contributed by atoms with Crippen LogP contribution >= 0.6 is 0 Å². The van der Waals surface area contributed by atoms with Crippen LogP contribution in [0.15, 0.2) is 42.6 Å². The molecule has 0 aliphatic carbocycles. The van der Waals surface area contributed by atoms with Gasteiger partial charge in [0.2, 0.25) is 6.79 Å². The quantitative estimate of drug-likeness (QED) is 0.808. The van der Waals surface area contributed by atoms with E-state index >= 15 is 0 Å². The Hall–Kier alpha value is -3.29. The Kier molecular flexibility index (Phi) is 4.03. The number of aromatic nitrogens is 1. The zero-order valence-electron chi connectivity index (χ0n) is 15.3. The molecular formula is C20H20N4O4. The molecule has 1 aromatic heterocycles. The van der Waals surface area contributed by atoms with Crippen molar-refractivity contribution in [3.63, 3.8) is 0 Å². The average Bonchev–Trinajstić information content (AvgIpc) is 3.32. The maximum absolute atomic E-state index is 12.9. The predicted octanol–water partition coefficient (Wildman–Crippen LogP) is 1.57. The first-order chi connectivity index (χ1) is 13.7. The van der Waals surface area contributed by atoms with Gasteiger partial charge in [-0.25, -0.2) is 4.79 Å². The third-order valence-corrected chi connectivity index (χ3v) is 5.42. The summed E-state index contributed by atoms with van der Waals surface area (Å²) in [5, 5.41) is 0. The van der Waals surface area contributed by atoms with Gasteiger partial charge in [0.05, 0.1) is 18.3 Å². The van der Waals surface area contributed by atoms with Crippen LogP contribution in [0.4, 0.5) is 4.79 Å². The Bertz CT molecular complexity index is 920. The second kappa shape index (κ2) is 6.70. The van der Waals surface area contributed by atoms with E-state index < -0.39 is 0 Å². The van der Waals surface area contributed by atoms with Crippen molar-refractivity contribution >= 4 is 11.9 Å². The fraction of sp³-hybridized carbons (Fsp3) is 0.350. The van der Waals surface area contributed by atoms with E-state index in [9.17, 15) is 9.59 Å². The van der Waals surface area contributed by atoms with Gasteiger partial charge in [-0.15, -0.1) is 0 Å². The Morgan fingerprint density at radius 1 is 1.11 bits per heavy atom. The van der Waals surface area contributed by atoms with Gasteiger partial charge < -0.3 is 24.2 Å². The molecule has 2 aromatic rings. The molecule has 2 fully saturated rings. The predicted molar refractivity (Wildman–Crippen MR) is 99.0 cm³/mol. The molecule has 8 nitrogen and oxygen atoms in total. The minimum Gasteiger partial charge on any atom is -0.454 e. The van der Waals surface area contributed by atoms with E-state index in [4.69, 9.17) is 9.47 Å². The number of hydrogen-bond donors (Lipinski definition) is 0. The average molecular weight is 380 g/mol. The number of hydrogen-bond acceptors (Lipinski definition) is 5. The minimum atomic E-state index is -0.0476. The molecule has 0 bridgehead atoms. The molecule has 144 valence electrons. The van der Waals surface area contributed by atoms with Gasteiger partial charge >= 0.3 is 6.03 Å². The Balaban J connectivity index is 1.27. The van der Waals surface area contributed by atoms with Crippen molar-refractivity contribution in [3.05, 3.63) is 53.9 Å². The highest BCUT2D eigenvalue weighted by Crippen LogP contribution is 2.33. The Labute approximate surface area is 162 Å². The Morgan fingerprint density at radius 3 is 2.86 bits per heavy atom. The van der Waals surface area contributed by atoms with E-state index in [0.29, 0.717) is 49.8 Å². The lowest BCUT2D eigenvalue weighted by atomic mass is 10.1. The van der Waals surface area contributed by atoms with Gasteiger partial charge in [-0.05, 0) is 30.3 Å². The van der Waals surface area contributed by atoms with Crippen LogP contribution in [0.1, 0.15) is 16.1 Å². The van der Waals surface area contributed by atoms with Gasteiger partial charge in [-0.1, -0.05) is 6.07 Å². The van der Waals surface area contributed by atoms with E-state index in [1.54, 1.807) is 24.4 Å². The maximum Gasteiger partial charge on any atom is 0.320 e. The number of rotatable bonds is 3. The van der Waals surface area contributed by atoms with Gasteiger partial charge in [-0.3, -0.25) is 9.78 Å². The summed E-state index contributed by atoms with van der Waals surface area (Å²) in [6.07, 6.45) is 1.73. The van der Waals surface area contributed by atoms with Crippen molar-refractivity contribution in [2.24, 2.45) is 0 Å². The third kappa shape index (κ3) is 2.90. The number of amides is 3. The minimum absolute atomic E-state index is 0.00271. The number of nitrogens with zero attached hydrogens (tertiary/aromatic N) is 4. The molecule has 8 heteroatoms. The number of benzene rings is 1. The van der Waals surface area contributed by atoms with Gasteiger partial charge in [0.15, 0.2) is 11.5 Å². The van der Waals surface area contributed by atoms with E-state index in [1.165, 1.54) is 0 Å². The summed E-state index contributed by atoms with van der Waals surface area (Å²) in [5.74, 6) is 1.21. The van der Waals surface area contributed by atoms with Crippen LogP contribution in [0.25, 0.3) is 0 Å². The second-order valence-electron chi connectivity index (χ2n) is 7.15. The van der Waals surface area contributed by atoms with E-state index in [-0.39, 0.29) is 24.8 Å². The standard InChI is InChI=1S/C20H20N4O4/c25-19(14-4-5-17-18(9-14)28-13-27-17)22-7-8-24-16(11-22)12-23(20(24)26)10-15-3-1-2-6-21-15/h1-6,9,16H,7-8,10-13H2. The number of urea groups is 1. The largest absolute Gasteiger partial charge is 0.454 e. The van der Waals surface area contributed by atoms with Crippen LogP contribution in [0, 0.1) is 0 Å². The van der Waals surface area contributed by atoms with Gasteiger partial charge in [0, 0.05) is 37.9 Å². The molecule has 0 saturated carbocycles. The molecule has 1 unspecified atom stereocenters. The second-order valence-corrected chi connectivity index (χ2v) is 7.15. The number of pyridine rings is 1. The summed E-state index contributed by atoms with van der Waals surface area (Å²) < 4.78 is 10.7. The monoisotopic (exact) mass is 380 g/mol. The molecule has 0 N–H and O–H groups in total. The molecule has 0 radical (unpaired) electrons. The summed E-state index contributed by atoms with van der Waals surface area (Å²) >= 11 is 0. The van der Waals surface area contributed by atoms with Gasteiger partial charge in [0.25, 0.3) is 5.91 Å². The van der Waals surface area contributed by atoms with Crippen LogP contribution in [-0.4, -0.2) is 70.6 Å². The van der Waals surface area contributed by atoms with Gasteiger partial charge in [0.1, 0.15) is 0 Å². The molecule has 3 aliphatic rings. The summed E-state index contributed by atoms with van der Waals surface area (Å²) in [6.45, 7) is 2.86. The topological polar surface area (TPSA) is 75.2 Å². The molecule has 4 heterocycles. The highest BCUT2D eigenvalue weighted by molar-refractivity contribution is 5.95. The van der Waals surface area contributed by atoms with Crippen molar-refractivity contribution in [1.82, 2.24) is 19.7 Å². The van der Waals surface area contributed by atoms with Crippen molar-refractivity contribution in [2.45, 2.75) is 12.6 Å². The summed E-state index contributed by atoms with van der Waals surface area (Å²) in [6, 6.07) is 11.0. The first kappa shape index (κ1) is 16.9. The Morgan fingerprint density at radius 2 is 2.00 bits per heavy atom. The lowest BCUT2D eigenvalue weighted by molar-refractivity contribution is 0.0616. The molecule has 1 aromatic carbocycles. The summed E-state index contributed by atoms with van der Waals surface area (Å²) in [5.41, 5.74) is 1.44. The molecule has 28 heavy (non-hydrogen) atoms. The lowest BCUT2D eigenvalue weighted by Crippen LogP contribution is -2.53. The highest BCUT2D eigenvalue weighted by Gasteiger charge is 2.41. The highest BCUT2D eigenvalue weighted by atomic mass is 16.7. The number of carbonyl (C=O) groups excluding carboxylic acids is 2. The summed E-state index contributed by atoms with van der Waals surface area (Å²) in [4.78, 5) is 35.5. The van der Waals surface area contributed by atoms with E-state index in [2.05, 4.69) is 4.98 Å². The number of piperazine rings is 1. The zero-order chi connectivity index (χ0) is 19.1. The molecule has 2 saturated heterocycles. The molecule has 3 aliphatic heterocycles. The van der Waals surface area contributed by atoms with E-state index in [1.807, 2.05) is 32.9 Å². The van der Waals surface area contributed by atoms with Crippen molar-refractivity contribution in [2.75, 3.05) is 33.0 Å². The molecule has 0 spiro atoms. The van der Waals surface area contributed by atoms with Crippen LogP contribution in [0.2, 0.25) is 0 Å². The third-order valence-electron chi connectivity index (χ3n) is 5.42. The summed E-state index contributed by atoms with van der Waals surface area (Å²) in [7, 11) is 0. The van der Waals surface area contributed by atoms with Crippen molar-refractivity contribution in [1.29, 1.82) is 0 Å². The van der Waals surface area contributed by atoms with Crippen molar-refractivity contribution < 1.29 is 19.1 Å². The molecule has 3 amide bonds. The normalized spacial score (nSPS) is 20.5. The molecular weight excluding hydrogens is 360 g/mol. The smallest absolute Gasteiger partial charge is 0.320 e. The first-order valence-corrected chi connectivity index (χ1v) is 9.33. The van der Waals surface area contributed by atoms with Crippen LogP contribution in [0.3, 0.4) is 0 Å². The SMILES string of the molecule is O=C(c1ccc2c(c1)OCO2)N1CCN2C(=O)N(Cc3ccccn3)CC2C1. The lowest BCUT2D eigenvalue weighted by Gasteiger charge is -2.36. The van der Waals surface area contributed by atoms with Crippen LogP contribution in [-0.2, 0) is 6.54 Å². The maximum atomic E-state index is 12.9. The fourth-order valence-electron chi connectivity index (χ4n) is 3.99. The van der Waals surface area contributed by atoms with Crippen molar-refractivity contribution in [3.8, 4) is 11.5 Å². The van der Waals surface area contributed by atoms with E-state index in [0.717, 1.165) is 5.69 Å². The molecule has 1 atom stereocenters. The zero-order valence-corrected chi connectivity index (χ0v) is 15.3. The number of carbonyl (C=O) groups is 2. The molecule has 5 rings (SSSR count). The fourth-order valence-corrected chi connectivity index (χ4v) is 3.99. The first-order valence-electron chi connectivity index (χ1n) is 9.33.